The minimum Gasteiger partial charge on any atom is -0.362 e. The number of anilines is 1. The Bertz CT molecular complexity index is 597. The van der Waals surface area contributed by atoms with Crippen LogP contribution in [0.1, 0.15) is 30.9 Å². The highest BCUT2D eigenvalue weighted by Crippen LogP contribution is 2.12. The molecule has 0 bridgehead atoms. The first-order chi connectivity index (χ1) is 11.8. The van der Waals surface area contributed by atoms with Gasteiger partial charge in [-0.3, -0.25) is 0 Å². The average Bonchev–Trinajstić information content (AvgIpc) is 2.62. The second kappa shape index (κ2) is 11.1. The van der Waals surface area contributed by atoms with Crippen molar-refractivity contribution in [2.45, 2.75) is 31.9 Å². The van der Waals surface area contributed by atoms with Crippen LogP contribution in [0.25, 0.3) is 0 Å². The van der Waals surface area contributed by atoms with E-state index in [0.29, 0.717) is 5.11 Å². The summed E-state index contributed by atoms with van der Waals surface area (Å²) in [6, 6.07) is 19.1. The smallest absolute Gasteiger partial charge is 0.170 e. The van der Waals surface area contributed by atoms with Crippen LogP contribution in [0.4, 0.5) is 5.69 Å². The topological polar surface area (TPSA) is 24.1 Å². The zero-order valence-corrected chi connectivity index (χ0v) is 15.9. The van der Waals surface area contributed by atoms with Crippen molar-refractivity contribution in [2.75, 3.05) is 17.6 Å². The number of thiocarbonyl (C=S) groups is 1. The summed E-state index contributed by atoms with van der Waals surface area (Å²) in [4.78, 5) is 0. The zero-order valence-electron chi connectivity index (χ0n) is 14.3. The third-order valence-electron chi connectivity index (χ3n) is 3.67. The van der Waals surface area contributed by atoms with E-state index in [4.69, 9.17) is 12.2 Å². The first-order valence-corrected chi connectivity index (χ1v) is 10.1. The third-order valence-corrected chi connectivity index (χ3v) is 4.95. The van der Waals surface area contributed by atoms with Crippen molar-refractivity contribution in [2.24, 2.45) is 0 Å². The number of thioether (sulfide) groups is 1. The molecule has 2 nitrogen and oxygen atoms in total. The zero-order chi connectivity index (χ0) is 17.0. The van der Waals surface area contributed by atoms with Crippen LogP contribution in [0.2, 0.25) is 0 Å². The summed E-state index contributed by atoms with van der Waals surface area (Å²) in [5, 5.41) is 7.20. The van der Waals surface area contributed by atoms with Gasteiger partial charge in [0.1, 0.15) is 0 Å². The molecule has 0 aromatic heterocycles. The summed E-state index contributed by atoms with van der Waals surface area (Å²) in [6.07, 6.45) is 3.63. The minimum atomic E-state index is 0.691. The lowest BCUT2D eigenvalue weighted by atomic mass is 10.1. The number of hydrogen-bond donors (Lipinski definition) is 2. The molecule has 0 aliphatic rings. The van der Waals surface area contributed by atoms with Gasteiger partial charge in [-0.25, -0.2) is 0 Å². The normalized spacial score (nSPS) is 10.4. The Balaban J connectivity index is 1.60. The Morgan fingerprint density at radius 2 is 1.75 bits per heavy atom. The first kappa shape index (κ1) is 18.8. The highest BCUT2D eigenvalue weighted by atomic mass is 32.2. The summed E-state index contributed by atoms with van der Waals surface area (Å²) < 4.78 is 0. The molecule has 2 aromatic rings. The fourth-order valence-electron chi connectivity index (χ4n) is 2.31. The molecule has 0 radical (unpaired) electrons. The van der Waals surface area contributed by atoms with E-state index in [1.807, 2.05) is 11.8 Å². The van der Waals surface area contributed by atoms with Gasteiger partial charge in [0.25, 0.3) is 0 Å². The number of rotatable bonds is 9. The second-order valence-electron chi connectivity index (χ2n) is 5.72. The predicted octanol–water partition coefficient (Wildman–Crippen LogP) is 5.25. The quantitative estimate of drug-likeness (QED) is 0.472. The molecular weight excluding hydrogens is 332 g/mol. The van der Waals surface area contributed by atoms with Gasteiger partial charge < -0.3 is 10.6 Å². The van der Waals surface area contributed by atoms with Gasteiger partial charge in [-0.1, -0.05) is 55.8 Å². The molecule has 0 unspecified atom stereocenters. The maximum absolute atomic E-state index is 5.35. The van der Waals surface area contributed by atoms with Gasteiger partial charge in [0.2, 0.25) is 0 Å². The number of nitrogens with one attached hydrogen (secondary N) is 2. The van der Waals surface area contributed by atoms with Gasteiger partial charge >= 0.3 is 0 Å². The van der Waals surface area contributed by atoms with E-state index >= 15 is 0 Å². The van der Waals surface area contributed by atoms with Crippen molar-refractivity contribution in [1.29, 1.82) is 0 Å². The van der Waals surface area contributed by atoms with Crippen LogP contribution in [-0.4, -0.2) is 17.4 Å². The van der Waals surface area contributed by atoms with Crippen molar-refractivity contribution < 1.29 is 0 Å². The molecule has 0 heterocycles. The van der Waals surface area contributed by atoms with Crippen molar-refractivity contribution in [3.05, 3.63) is 65.7 Å². The third kappa shape index (κ3) is 7.37. The van der Waals surface area contributed by atoms with E-state index in [1.165, 1.54) is 24.0 Å². The lowest BCUT2D eigenvalue weighted by molar-refractivity contribution is 0.795. The maximum atomic E-state index is 5.35. The van der Waals surface area contributed by atoms with E-state index in [2.05, 4.69) is 72.2 Å². The van der Waals surface area contributed by atoms with Gasteiger partial charge in [-0.15, -0.1) is 0 Å². The molecule has 2 N–H and O–H groups in total. The van der Waals surface area contributed by atoms with Gasteiger partial charge in [0.15, 0.2) is 5.11 Å². The van der Waals surface area contributed by atoms with Crippen molar-refractivity contribution in [3.8, 4) is 0 Å². The SMILES string of the molecule is CCCCc1ccc(NC(=S)NCCSCc2ccccc2)cc1. The molecule has 2 rings (SSSR count). The van der Waals surface area contributed by atoms with Gasteiger partial charge in [0.05, 0.1) is 0 Å². The molecule has 0 amide bonds. The maximum Gasteiger partial charge on any atom is 0.170 e. The van der Waals surface area contributed by atoms with Crippen LogP contribution < -0.4 is 10.6 Å². The molecular formula is C20H26N2S2. The fourth-order valence-corrected chi connectivity index (χ4v) is 3.35. The van der Waals surface area contributed by atoms with E-state index in [0.717, 1.165) is 30.2 Å². The second-order valence-corrected chi connectivity index (χ2v) is 7.23. The van der Waals surface area contributed by atoms with Gasteiger partial charge in [0, 0.05) is 23.7 Å². The standard InChI is InChI=1S/C20H26N2S2/c1-2-3-7-17-10-12-19(13-11-17)22-20(23)21-14-15-24-16-18-8-5-4-6-9-18/h4-6,8-13H,2-3,7,14-16H2,1H3,(H2,21,22,23). The monoisotopic (exact) mass is 358 g/mol. The van der Waals surface area contributed by atoms with Crippen molar-refractivity contribution in [3.63, 3.8) is 0 Å². The molecule has 2 aromatic carbocycles. The van der Waals surface area contributed by atoms with Gasteiger partial charge in [-0.05, 0) is 48.3 Å². The predicted molar refractivity (Wildman–Crippen MR) is 112 cm³/mol. The first-order valence-electron chi connectivity index (χ1n) is 8.53. The number of hydrogen-bond acceptors (Lipinski definition) is 2. The molecule has 4 heteroatoms. The summed E-state index contributed by atoms with van der Waals surface area (Å²) in [5.74, 6) is 2.08. The fraction of sp³-hybridized carbons (Fsp3) is 0.350. The van der Waals surface area contributed by atoms with Crippen molar-refractivity contribution in [1.82, 2.24) is 5.32 Å². The van der Waals surface area contributed by atoms with Crippen LogP contribution >= 0.6 is 24.0 Å². The molecule has 128 valence electrons. The molecule has 0 spiro atoms. The number of aryl methyl sites for hydroxylation is 1. The van der Waals surface area contributed by atoms with Crippen LogP contribution in [-0.2, 0) is 12.2 Å². The van der Waals surface area contributed by atoms with Gasteiger partial charge in [-0.2, -0.15) is 11.8 Å². The van der Waals surface area contributed by atoms with E-state index < -0.39 is 0 Å². The van der Waals surface area contributed by atoms with E-state index in [-0.39, 0.29) is 0 Å². The highest BCUT2D eigenvalue weighted by molar-refractivity contribution is 7.98. The molecule has 0 fully saturated rings. The summed E-state index contributed by atoms with van der Waals surface area (Å²) in [5.41, 5.74) is 3.80. The van der Waals surface area contributed by atoms with Crippen LogP contribution in [0.5, 0.6) is 0 Å². The molecule has 0 atom stereocenters. The Morgan fingerprint density at radius 1 is 1.00 bits per heavy atom. The number of unbranched alkanes of at least 4 members (excludes halogenated alkanes) is 1. The summed E-state index contributed by atoms with van der Waals surface area (Å²) in [7, 11) is 0. The Labute approximate surface area is 155 Å². The lowest BCUT2D eigenvalue weighted by Gasteiger charge is -2.11. The molecule has 0 aliphatic heterocycles. The molecule has 24 heavy (non-hydrogen) atoms. The van der Waals surface area contributed by atoms with Crippen LogP contribution in [0.15, 0.2) is 54.6 Å². The average molecular weight is 359 g/mol. The van der Waals surface area contributed by atoms with Crippen LogP contribution in [0.3, 0.4) is 0 Å². The lowest BCUT2D eigenvalue weighted by Crippen LogP contribution is -2.30. The summed E-state index contributed by atoms with van der Waals surface area (Å²) >= 11 is 7.26. The van der Waals surface area contributed by atoms with Crippen LogP contribution in [0, 0.1) is 0 Å². The number of benzene rings is 2. The Hall–Kier alpha value is -1.52. The van der Waals surface area contributed by atoms with Crippen molar-refractivity contribution >= 4 is 34.8 Å². The minimum absolute atomic E-state index is 0.691. The molecule has 0 saturated heterocycles. The van der Waals surface area contributed by atoms with E-state index in [9.17, 15) is 0 Å². The largest absolute Gasteiger partial charge is 0.362 e. The molecule has 0 aliphatic carbocycles. The Morgan fingerprint density at radius 3 is 2.46 bits per heavy atom. The molecule has 0 saturated carbocycles. The van der Waals surface area contributed by atoms with E-state index in [1.54, 1.807) is 0 Å². The Kier molecular flexibility index (Phi) is 8.71. The summed E-state index contributed by atoms with van der Waals surface area (Å²) in [6.45, 7) is 3.09. The highest BCUT2D eigenvalue weighted by Gasteiger charge is 1.99.